The molecule has 0 radical (unpaired) electrons. The summed E-state index contributed by atoms with van der Waals surface area (Å²) in [5.41, 5.74) is 0.358. The van der Waals surface area contributed by atoms with Crippen LogP contribution in [0.1, 0.15) is 17.3 Å². The first-order valence-electron chi connectivity index (χ1n) is 4.99. The van der Waals surface area contributed by atoms with Crippen LogP contribution in [-0.4, -0.2) is 34.2 Å². The third-order valence-corrected chi connectivity index (χ3v) is 3.64. The molecule has 98 valence electrons. The Labute approximate surface area is 126 Å². The number of benzene rings is 1. The first-order chi connectivity index (χ1) is 8.32. The highest BCUT2D eigenvalue weighted by molar-refractivity contribution is 14.1. The van der Waals surface area contributed by atoms with E-state index in [-0.39, 0.29) is 0 Å². The van der Waals surface area contributed by atoms with Crippen molar-refractivity contribution in [3.05, 3.63) is 31.8 Å². The molecule has 0 unspecified atom stereocenters. The molecule has 18 heavy (non-hydrogen) atoms. The van der Waals surface area contributed by atoms with Crippen LogP contribution in [0.25, 0.3) is 0 Å². The zero-order valence-corrected chi connectivity index (χ0v) is 13.1. The monoisotopic (exact) mass is 427 g/mol. The third kappa shape index (κ3) is 3.92. The molecule has 1 aromatic rings. The van der Waals surface area contributed by atoms with Gasteiger partial charge >= 0.3 is 5.97 Å². The molecule has 0 aliphatic rings. The van der Waals surface area contributed by atoms with Gasteiger partial charge in [0.1, 0.15) is 0 Å². The Morgan fingerprint density at radius 3 is 2.56 bits per heavy atom. The Bertz CT molecular complexity index is 478. The maximum absolute atomic E-state index is 11.9. The molecule has 7 heteroatoms. The summed E-state index contributed by atoms with van der Waals surface area (Å²) in [5, 5.41) is 20.5. The topological polar surface area (TPSA) is 86.6 Å². The molecule has 2 atom stereocenters. The lowest BCUT2D eigenvalue weighted by Gasteiger charge is -2.17. The van der Waals surface area contributed by atoms with E-state index in [0.29, 0.717) is 9.13 Å². The van der Waals surface area contributed by atoms with E-state index in [1.165, 1.54) is 6.92 Å². The quantitative estimate of drug-likeness (QED) is 0.637. The molecule has 0 saturated heterocycles. The number of hydrogen-bond acceptors (Lipinski definition) is 3. The van der Waals surface area contributed by atoms with Crippen LogP contribution in [-0.2, 0) is 4.79 Å². The molecule has 1 amide bonds. The van der Waals surface area contributed by atoms with Crippen LogP contribution in [0, 0.1) is 3.57 Å². The second-order valence-corrected chi connectivity index (χ2v) is 5.73. The summed E-state index contributed by atoms with van der Waals surface area (Å²) in [6.07, 6.45) is -1.17. The third-order valence-electron chi connectivity index (χ3n) is 2.21. The molecule has 0 bridgehead atoms. The average Bonchev–Trinajstić information content (AvgIpc) is 2.28. The fourth-order valence-electron chi connectivity index (χ4n) is 1.28. The molecule has 5 nitrogen and oxygen atoms in total. The maximum Gasteiger partial charge on any atom is 0.328 e. The molecule has 0 aliphatic heterocycles. The van der Waals surface area contributed by atoms with Crippen molar-refractivity contribution in [2.75, 3.05) is 0 Å². The van der Waals surface area contributed by atoms with Gasteiger partial charge in [-0.3, -0.25) is 4.79 Å². The number of carboxylic acid groups (broad SMARTS) is 1. The summed E-state index contributed by atoms with van der Waals surface area (Å²) in [4.78, 5) is 22.8. The Hall–Kier alpha value is -0.670. The van der Waals surface area contributed by atoms with E-state index in [1.54, 1.807) is 18.2 Å². The average molecular weight is 428 g/mol. The van der Waals surface area contributed by atoms with Gasteiger partial charge in [0.2, 0.25) is 0 Å². The second-order valence-electron chi connectivity index (χ2n) is 3.65. The van der Waals surface area contributed by atoms with E-state index in [9.17, 15) is 14.7 Å². The van der Waals surface area contributed by atoms with Crippen molar-refractivity contribution in [1.29, 1.82) is 0 Å². The van der Waals surface area contributed by atoms with E-state index in [0.717, 1.165) is 4.47 Å². The maximum atomic E-state index is 11.9. The minimum Gasteiger partial charge on any atom is -0.480 e. The van der Waals surface area contributed by atoms with Crippen LogP contribution in [0.2, 0.25) is 0 Å². The molecule has 0 fully saturated rings. The number of aliphatic hydroxyl groups excluding tert-OH is 1. The first kappa shape index (κ1) is 15.4. The number of aliphatic carboxylic acids is 1. The Morgan fingerprint density at radius 1 is 1.44 bits per heavy atom. The molecule has 0 aromatic heterocycles. The highest BCUT2D eigenvalue weighted by Gasteiger charge is 2.26. The normalized spacial score (nSPS) is 13.8. The molecule has 1 rings (SSSR count). The number of nitrogens with one attached hydrogen (secondary N) is 1. The summed E-state index contributed by atoms with van der Waals surface area (Å²) in [5.74, 6) is -1.81. The van der Waals surface area contributed by atoms with Gasteiger partial charge in [-0.15, -0.1) is 0 Å². The lowest BCUT2D eigenvalue weighted by atomic mass is 10.1. The van der Waals surface area contributed by atoms with Crippen LogP contribution >= 0.6 is 38.5 Å². The molecule has 0 heterocycles. The summed E-state index contributed by atoms with van der Waals surface area (Å²) in [7, 11) is 0. The van der Waals surface area contributed by atoms with Crippen molar-refractivity contribution in [2.24, 2.45) is 0 Å². The zero-order valence-electron chi connectivity index (χ0n) is 9.35. The molecule has 0 aliphatic carbocycles. The van der Waals surface area contributed by atoms with Gasteiger partial charge < -0.3 is 15.5 Å². The minimum absolute atomic E-state index is 0.358. The van der Waals surface area contributed by atoms with E-state index in [4.69, 9.17) is 5.11 Å². The van der Waals surface area contributed by atoms with Crippen molar-refractivity contribution in [2.45, 2.75) is 19.1 Å². The Kier molecular flexibility index (Phi) is 5.54. The van der Waals surface area contributed by atoms with Gasteiger partial charge in [-0.1, -0.05) is 15.9 Å². The Balaban J connectivity index is 2.94. The SMILES string of the molecule is C[C@@H](O)[C@H](NC(=O)c1cc(Br)ccc1I)C(=O)O. The molecular formula is C11H11BrINO4. The predicted octanol–water partition coefficient (Wildman–Crippen LogP) is 1.62. The molecular weight excluding hydrogens is 417 g/mol. The number of carbonyl (C=O) groups excluding carboxylic acids is 1. The van der Waals surface area contributed by atoms with Gasteiger partial charge in [-0.25, -0.2) is 4.79 Å². The summed E-state index contributed by atoms with van der Waals surface area (Å²) in [6.45, 7) is 1.31. The number of carboxylic acids is 1. The smallest absolute Gasteiger partial charge is 0.328 e. The first-order valence-corrected chi connectivity index (χ1v) is 6.87. The highest BCUT2D eigenvalue weighted by atomic mass is 127. The van der Waals surface area contributed by atoms with Gasteiger partial charge in [-0.05, 0) is 47.7 Å². The highest BCUT2D eigenvalue weighted by Crippen LogP contribution is 2.18. The lowest BCUT2D eigenvalue weighted by molar-refractivity contribution is -0.141. The van der Waals surface area contributed by atoms with Gasteiger partial charge in [0, 0.05) is 8.04 Å². The predicted molar refractivity (Wildman–Crippen MR) is 77.4 cm³/mol. The van der Waals surface area contributed by atoms with Crippen LogP contribution in [0.5, 0.6) is 0 Å². The van der Waals surface area contributed by atoms with Crippen LogP contribution in [0.15, 0.2) is 22.7 Å². The summed E-state index contributed by atoms with van der Waals surface area (Å²) < 4.78 is 1.42. The van der Waals surface area contributed by atoms with Crippen molar-refractivity contribution in [1.82, 2.24) is 5.32 Å². The molecule has 0 spiro atoms. The Morgan fingerprint density at radius 2 is 2.06 bits per heavy atom. The number of halogens is 2. The van der Waals surface area contributed by atoms with Crippen LogP contribution < -0.4 is 5.32 Å². The molecule has 1 aromatic carbocycles. The minimum atomic E-state index is -1.33. The number of carbonyl (C=O) groups is 2. The van der Waals surface area contributed by atoms with Crippen molar-refractivity contribution in [3.63, 3.8) is 0 Å². The van der Waals surface area contributed by atoms with E-state index in [1.807, 2.05) is 22.6 Å². The fraction of sp³-hybridized carbons (Fsp3) is 0.273. The number of hydrogen-bond donors (Lipinski definition) is 3. The molecule has 0 saturated carbocycles. The standard InChI is InChI=1S/C11H11BrINO4/c1-5(15)9(11(17)18)14-10(16)7-4-6(12)2-3-8(7)13/h2-5,9,15H,1H3,(H,14,16)(H,17,18)/t5-,9+/m1/s1. The zero-order chi connectivity index (χ0) is 13.9. The summed E-state index contributed by atoms with van der Waals surface area (Å²) >= 11 is 5.22. The van der Waals surface area contributed by atoms with Gasteiger partial charge in [0.05, 0.1) is 11.7 Å². The van der Waals surface area contributed by atoms with E-state index < -0.39 is 24.0 Å². The van der Waals surface area contributed by atoms with Gasteiger partial charge in [0.25, 0.3) is 5.91 Å². The lowest BCUT2D eigenvalue weighted by Crippen LogP contribution is -2.47. The van der Waals surface area contributed by atoms with Crippen LogP contribution in [0.3, 0.4) is 0 Å². The van der Waals surface area contributed by atoms with Crippen molar-refractivity contribution < 1.29 is 19.8 Å². The molecule has 3 N–H and O–H groups in total. The number of rotatable bonds is 4. The largest absolute Gasteiger partial charge is 0.480 e. The second kappa shape index (κ2) is 6.48. The van der Waals surface area contributed by atoms with Gasteiger partial charge in [0.15, 0.2) is 6.04 Å². The summed E-state index contributed by atoms with van der Waals surface area (Å²) in [6, 6.07) is 3.78. The van der Waals surface area contributed by atoms with E-state index >= 15 is 0 Å². The number of aliphatic hydroxyl groups is 1. The number of amides is 1. The van der Waals surface area contributed by atoms with E-state index in [2.05, 4.69) is 21.2 Å². The van der Waals surface area contributed by atoms with Crippen molar-refractivity contribution in [3.8, 4) is 0 Å². The fourth-order valence-corrected chi connectivity index (χ4v) is 2.22. The van der Waals surface area contributed by atoms with Gasteiger partial charge in [-0.2, -0.15) is 0 Å². The van der Waals surface area contributed by atoms with Crippen molar-refractivity contribution >= 4 is 50.4 Å². The van der Waals surface area contributed by atoms with Crippen LogP contribution in [0.4, 0.5) is 0 Å².